The van der Waals surface area contributed by atoms with Crippen LogP contribution in [0.25, 0.3) is 0 Å². The van der Waals surface area contributed by atoms with E-state index in [2.05, 4.69) is 9.97 Å². The van der Waals surface area contributed by atoms with Gasteiger partial charge in [-0.2, -0.15) is 13.2 Å². The number of nitrogens with zero attached hydrogens (tertiary/aromatic N) is 4. The molecule has 0 bridgehead atoms. The molecule has 0 spiro atoms. The Labute approximate surface area is 262 Å². The highest BCUT2D eigenvalue weighted by Gasteiger charge is 2.41. The largest absolute Gasteiger partial charge is 0.490 e. The molecular formula is C31H42ClF3N4O5. The van der Waals surface area contributed by atoms with Crippen LogP contribution in [0.1, 0.15) is 84.3 Å². The molecule has 2 heterocycles. The topological polar surface area (TPSA) is 94.1 Å². The molecule has 1 amide bonds. The zero-order valence-electron chi connectivity index (χ0n) is 25.9. The number of rotatable bonds is 13. The summed E-state index contributed by atoms with van der Waals surface area (Å²) in [6.45, 7) is 9.99. The van der Waals surface area contributed by atoms with Gasteiger partial charge in [0.2, 0.25) is 5.95 Å². The van der Waals surface area contributed by atoms with Crippen molar-refractivity contribution in [2.45, 2.75) is 110 Å². The summed E-state index contributed by atoms with van der Waals surface area (Å²) in [6, 6.07) is 2.99. The maximum atomic E-state index is 13.6. The van der Waals surface area contributed by atoms with E-state index in [9.17, 15) is 22.8 Å². The number of piperidine rings is 1. The summed E-state index contributed by atoms with van der Waals surface area (Å²) < 4.78 is 57.1. The highest BCUT2D eigenvalue weighted by Crippen LogP contribution is 2.36. The number of esters is 1. The third-order valence-corrected chi connectivity index (χ3v) is 7.63. The van der Waals surface area contributed by atoms with E-state index in [1.165, 1.54) is 18.5 Å². The maximum Gasteiger partial charge on any atom is 0.416 e. The van der Waals surface area contributed by atoms with Crippen molar-refractivity contribution in [3.05, 3.63) is 46.7 Å². The zero-order chi connectivity index (χ0) is 32.4. The summed E-state index contributed by atoms with van der Waals surface area (Å²) in [7, 11) is 0. The summed E-state index contributed by atoms with van der Waals surface area (Å²) in [5.74, 6) is 0.404. The molecule has 2 aromatic rings. The summed E-state index contributed by atoms with van der Waals surface area (Å²) in [6.07, 6.45) is 0.918. The molecule has 3 rings (SSSR count). The van der Waals surface area contributed by atoms with E-state index in [1.807, 2.05) is 23.6 Å². The van der Waals surface area contributed by atoms with E-state index >= 15 is 0 Å². The number of carbonyl (C=O) groups is 2. The lowest BCUT2D eigenvalue weighted by atomic mass is 9.87. The molecule has 1 aliphatic heterocycles. The average Bonchev–Trinajstić information content (AvgIpc) is 2.96. The van der Waals surface area contributed by atoms with Gasteiger partial charge in [-0.3, -0.25) is 4.79 Å². The van der Waals surface area contributed by atoms with Crippen LogP contribution in [0.5, 0.6) is 5.75 Å². The van der Waals surface area contributed by atoms with Gasteiger partial charge in [0.15, 0.2) is 5.75 Å². The molecule has 0 radical (unpaired) electrons. The molecule has 13 heteroatoms. The molecule has 2 atom stereocenters. The Bertz CT molecular complexity index is 1220. The van der Waals surface area contributed by atoms with Crippen LogP contribution in [-0.2, 0) is 27.0 Å². The molecule has 0 aliphatic carbocycles. The molecule has 44 heavy (non-hydrogen) atoms. The predicted molar refractivity (Wildman–Crippen MR) is 161 cm³/mol. The molecule has 9 nitrogen and oxygen atoms in total. The molecule has 0 saturated carbocycles. The van der Waals surface area contributed by atoms with Gasteiger partial charge in [0.25, 0.3) is 0 Å². The molecule has 244 valence electrons. The Morgan fingerprint density at radius 1 is 1.07 bits per heavy atom. The van der Waals surface area contributed by atoms with Crippen LogP contribution in [0.2, 0.25) is 5.02 Å². The second-order valence-corrected chi connectivity index (χ2v) is 11.5. The fourth-order valence-corrected chi connectivity index (χ4v) is 5.69. The first-order valence-corrected chi connectivity index (χ1v) is 15.5. The second-order valence-electron chi connectivity index (χ2n) is 11.0. The number of anilines is 1. The highest BCUT2D eigenvalue weighted by atomic mass is 35.5. The number of carbonyl (C=O) groups excluding carboxylic acids is 2. The van der Waals surface area contributed by atoms with Crippen molar-refractivity contribution in [2.75, 3.05) is 18.1 Å². The van der Waals surface area contributed by atoms with Crippen LogP contribution in [0, 0.1) is 0 Å². The number of ether oxygens (including phenoxy) is 3. The summed E-state index contributed by atoms with van der Waals surface area (Å²) in [5, 5.41) is -0.0219. The number of halogens is 4. The third-order valence-electron chi connectivity index (χ3n) is 7.41. The van der Waals surface area contributed by atoms with E-state index in [0.717, 1.165) is 12.1 Å². The van der Waals surface area contributed by atoms with Crippen molar-refractivity contribution >= 4 is 29.6 Å². The second kappa shape index (κ2) is 16.2. The Hall–Kier alpha value is -3.28. The monoisotopic (exact) mass is 642 g/mol. The van der Waals surface area contributed by atoms with Gasteiger partial charge in [-0.05, 0) is 76.6 Å². The van der Waals surface area contributed by atoms with Crippen molar-refractivity contribution in [3.8, 4) is 5.75 Å². The minimum atomic E-state index is -4.56. The van der Waals surface area contributed by atoms with Crippen LogP contribution in [0.4, 0.5) is 23.9 Å². The van der Waals surface area contributed by atoms with Gasteiger partial charge in [-0.25, -0.2) is 14.8 Å². The quantitative estimate of drug-likeness (QED) is 0.164. The van der Waals surface area contributed by atoms with Crippen molar-refractivity contribution in [1.82, 2.24) is 14.9 Å². The Balaban J connectivity index is 1.90. The number of benzene rings is 1. The van der Waals surface area contributed by atoms with Gasteiger partial charge in [-0.1, -0.05) is 25.4 Å². The minimum absolute atomic E-state index is 0.0219. The van der Waals surface area contributed by atoms with Crippen molar-refractivity contribution in [1.29, 1.82) is 0 Å². The molecule has 1 fully saturated rings. The van der Waals surface area contributed by atoms with Crippen molar-refractivity contribution in [2.24, 2.45) is 0 Å². The molecule has 1 aromatic carbocycles. The fourth-order valence-electron chi connectivity index (χ4n) is 5.43. The number of likely N-dealkylation sites (tertiary alicyclic amines) is 1. The SMILES string of the molecule is CCOC(=O)CCCOc1cnc(N(Cc2cc(Cl)cc(C(F)(F)F)c2)C2CC(CC)N(C(=O)OC(C)C)C(CC)C2)nc1. The van der Waals surface area contributed by atoms with Gasteiger partial charge >= 0.3 is 18.2 Å². The normalized spacial score (nSPS) is 18.7. The van der Waals surface area contributed by atoms with Gasteiger partial charge in [0.1, 0.15) is 0 Å². The summed E-state index contributed by atoms with van der Waals surface area (Å²) >= 11 is 6.12. The standard InChI is InChI=1S/C31H42ClF3N4O5/c1-6-24-15-26(16-25(7-2)39(24)30(41)44-20(4)5)38(19-21-12-22(31(33,34)35)14-23(32)13-21)29-36-17-27(18-37-29)43-11-9-10-28(40)42-8-3/h12-14,17-18,20,24-26H,6-11,15-16,19H2,1-5H3. The van der Waals surface area contributed by atoms with Gasteiger partial charge < -0.3 is 24.0 Å². The first-order chi connectivity index (χ1) is 20.9. The number of amides is 1. The van der Waals surface area contributed by atoms with Crippen LogP contribution in [0.3, 0.4) is 0 Å². The lowest BCUT2D eigenvalue weighted by Crippen LogP contribution is -2.57. The lowest BCUT2D eigenvalue weighted by molar-refractivity contribution is -0.143. The van der Waals surface area contributed by atoms with Crippen LogP contribution >= 0.6 is 11.6 Å². The van der Waals surface area contributed by atoms with E-state index in [4.69, 9.17) is 25.8 Å². The maximum absolute atomic E-state index is 13.6. The zero-order valence-corrected chi connectivity index (χ0v) is 26.7. The Kier molecular flexibility index (Phi) is 12.9. The minimum Gasteiger partial charge on any atom is -0.490 e. The summed E-state index contributed by atoms with van der Waals surface area (Å²) in [4.78, 5) is 37.4. The third kappa shape index (κ3) is 9.87. The van der Waals surface area contributed by atoms with E-state index in [0.29, 0.717) is 56.0 Å². The van der Waals surface area contributed by atoms with Gasteiger partial charge in [0.05, 0.1) is 37.3 Å². The van der Waals surface area contributed by atoms with Crippen LogP contribution in [0.15, 0.2) is 30.6 Å². The number of alkyl halides is 3. The Morgan fingerprint density at radius 2 is 1.70 bits per heavy atom. The highest BCUT2D eigenvalue weighted by molar-refractivity contribution is 6.30. The van der Waals surface area contributed by atoms with Gasteiger partial charge in [0, 0.05) is 36.1 Å². The van der Waals surface area contributed by atoms with E-state index in [-0.39, 0.29) is 60.9 Å². The van der Waals surface area contributed by atoms with E-state index < -0.39 is 11.7 Å². The van der Waals surface area contributed by atoms with Crippen molar-refractivity contribution in [3.63, 3.8) is 0 Å². The number of aromatic nitrogens is 2. The van der Waals surface area contributed by atoms with Crippen LogP contribution in [-0.4, -0.2) is 64.4 Å². The van der Waals surface area contributed by atoms with Crippen LogP contribution < -0.4 is 9.64 Å². The predicted octanol–water partition coefficient (Wildman–Crippen LogP) is 7.44. The average molecular weight is 643 g/mol. The Morgan fingerprint density at radius 3 is 2.25 bits per heavy atom. The fraction of sp³-hybridized carbons (Fsp3) is 0.613. The molecule has 2 unspecified atom stereocenters. The van der Waals surface area contributed by atoms with Crippen molar-refractivity contribution < 1.29 is 37.0 Å². The number of hydrogen-bond acceptors (Lipinski definition) is 8. The first kappa shape index (κ1) is 35.2. The lowest BCUT2D eigenvalue weighted by Gasteiger charge is -2.47. The van der Waals surface area contributed by atoms with Gasteiger partial charge in [-0.15, -0.1) is 0 Å². The molecular weight excluding hydrogens is 601 g/mol. The number of hydrogen-bond donors (Lipinski definition) is 0. The molecule has 0 N–H and O–H groups in total. The smallest absolute Gasteiger partial charge is 0.416 e. The molecule has 1 saturated heterocycles. The first-order valence-electron chi connectivity index (χ1n) is 15.1. The summed E-state index contributed by atoms with van der Waals surface area (Å²) in [5.41, 5.74) is -0.480. The van der Waals surface area contributed by atoms with E-state index in [1.54, 1.807) is 20.8 Å². The molecule has 1 aliphatic rings. The molecule has 1 aromatic heterocycles.